The molecule has 2 N–H and O–H groups in total. The van der Waals surface area contributed by atoms with E-state index < -0.39 is 0 Å². The van der Waals surface area contributed by atoms with Crippen molar-refractivity contribution in [3.05, 3.63) is 59.7 Å². The van der Waals surface area contributed by atoms with Crippen molar-refractivity contribution in [2.45, 2.75) is 13.2 Å². The summed E-state index contributed by atoms with van der Waals surface area (Å²) in [5, 5.41) is 17.5. The van der Waals surface area contributed by atoms with Crippen molar-refractivity contribution in [1.29, 1.82) is 0 Å². The minimum Gasteiger partial charge on any atom is -0.508 e. The van der Waals surface area contributed by atoms with Crippen molar-refractivity contribution in [2.24, 2.45) is 0 Å². The Kier molecular flexibility index (Phi) is 3.62. The number of para-hydroxylation sites is 1. The first-order chi connectivity index (χ1) is 8.29. The Labute approximate surface area is 99.9 Å². The summed E-state index contributed by atoms with van der Waals surface area (Å²) in [4.78, 5) is 0. The smallest absolute Gasteiger partial charge is 0.121 e. The van der Waals surface area contributed by atoms with E-state index in [0.29, 0.717) is 5.56 Å². The van der Waals surface area contributed by atoms with Gasteiger partial charge in [-0.15, -0.1) is 0 Å². The summed E-state index contributed by atoms with van der Waals surface area (Å²) in [5.74, 6) is 1.16. The Morgan fingerprint density at radius 3 is 2.47 bits per heavy atom. The van der Waals surface area contributed by atoms with E-state index in [9.17, 15) is 0 Å². The SMILES string of the molecule is OCc1ccccc1O.c1cc2cc(c1)OC2. The standard InChI is InChI=1S/C7H8O2.C7H6O/c8-5-6-3-1-2-4-7(6)9;1-2-6-4-7(3-1)8-5-6/h1-4,8-9H,5H2;1-4H,5H2. The van der Waals surface area contributed by atoms with Crippen LogP contribution in [0.2, 0.25) is 0 Å². The molecule has 2 aromatic rings. The molecule has 0 atom stereocenters. The highest BCUT2D eigenvalue weighted by Gasteiger charge is 2.03. The molecule has 1 heterocycles. The van der Waals surface area contributed by atoms with Crippen LogP contribution in [0.3, 0.4) is 0 Å². The lowest BCUT2D eigenvalue weighted by molar-refractivity contribution is 0.275. The first-order valence-electron chi connectivity index (χ1n) is 5.39. The maximum Gasteiger partial charge on any atom is 0.121 e. The normalized spacial score (nSPS) is 11.4. The van der Waals surface area contributed by atoms with Gasteiger partial charge in [0.05, 0.1) is 6.61 Å². The van der Waals surface area contributed by atoms with Crippen molar-refractivity contribution < 1.29 is 14.9 Å². The number of hydrogen-bond acceptors (Lipinski definition) is 3. The summed E-state index contributed by atoms with van der Waals surface area (Å²) in [5.41, 5.74) is 1.85. The lowest BCUT2D eigenvalue weighted by Gasteiger charge is -1.96. The number of phenols is 1. The first kappa shape index (κ1) is 11.5. The van der Waals surface area contributed by atoms with E-state index in [0.717, 1.165) is 12.4 Å². The highest BCUT2D eigenvalue weighted by molar-refractivity contribution is 5.32. The summed E-state index contributed by atoms with van der Waals surface area (Å²) in [6, 6.07) is 14.8. The van der Waals surface area contributed by atoms with E-state index in [2.05, 4.69) is 12.1 Å². The Bertz CT molecular complexity index is 475. The van der Waals surface area contributed by atoms with Crippen molar-refractivity contribution in [3.8, 4) is 11.5 Å². The minimum absolute atomic E-state index is 0.104. The predicted molar refractivity (Wildman–Crippen MR) is 64.8 cm³/mol. The van der Waals surface area contributed by atoms with Gasteiger partial charge >= 0.3 is 0 Å². The van der Waals surface area contributed by atoms with Gasteiger partial charge in [0.2, 0.25) is 0 Å². The average Bonchev–Trinajstić information content (AvgIpc) is 2.70. The van der Waals surface area contributed by atoms with Gasteiger partial charge in [-0.3, -0.25) is 0 Å². The van der Waals surface area contributed by atoms with Crippen LogP contribution in [0.25, 0.3) is 0 Å². The van der Waals surface area contributed by atoms with Crippen LogP contribution in [0.15, 0.2) is 48.5 Å². The fraction of sp³-hybridized carbons (Fsp3) is 0.143. The molecule has 1 aliphatic heterocycles. The van der Waals surface area contributed by atoms with Gasteiger partial charge in [0.1, 0.15) is 18.1 Å². The van der Waals surface area contributed by atoms with E-state index in [1.165, 1.54) is 5.56 Å². The van der Waals surface area contributed by atoms with E-state index in [1.807, 2.05) is 12.1 Å². The number of aliphatic hydroxyl groups excluding tert-OH is 1. The third-order valence-corrected chi connectivity index (χ3v) is 2.47. The summed E-state index contributed by atoms with van der Waals surface area (Å²) < 4.78 is 5.18. The number of rotatable bonds is 1. The molecule has 2 bridgehead atoms. The molecule has 1 aliphatic rings. The van der Waals surface area contributed by atoms with Crippen molar-refractivity contribution in [2.75, 3.05) is 0 Å². The monoisotopic (exact) mass is 230 g/mol. The molecule has 0 radical (unpaired) electrons. The fourth-order valence-corrected chi connectivity index (χ4v) is 1.54. The molecule has 0 aromatic heterocycles. The number of hydrogen-bond donors (Lipinski definition) is 2. The maximum atomic E-state index is 8.95. The highest BCUT2D eigenvalue weighted by Crippen LogP contribution is 2.20. The quantitative estimate of drug-likeness (QED) is 0.791. The molecule has 0 amide bonds. The molecule has 0 unspecified atom stereocenters. The van der Waals surface area contributed by atoms with Gasteiger partial charge < -0.3 is 14.9 Å². The number of aromatic hydroxyl groups is 1. The van der Waals surface area contributed by atoms with Crippen LogP contribution in [0.1, 0.15) is 11.1 Å². The van der Waals surface area contributed by atoms with Crippen LogP contribution in [0.4, 0.5) is 0 Å². The topological polar surface area (TPSA) is 49.7 Å². The molecule has 0 spiro atoms. The lowest BCUT2D eigenvalue weighted by atomic mass is 10.2. The second-order valence-corrected chi connectivity index (χ2v) is 3.72. The summed E-state index contributed by atoms with van der Waals surface area (Å²) in [6.45, 7) is 0.662. The number of fused-ring (bicyclic) bond motifs is 2. The van der Waals surface area contributed by atoms with Crippen molar-refractivity contribution in [3.63, 3.8) is 0 Å². The second kappa shape index (κ2) is 5.37. The maximum absolute atomic E-state index is 8.95. The number of ether oxygens (including phenoxy) is 1. The Morgan fingerprint density at radius 1 is 1.06 bits per heavy atom. The Hall–Kier alpha value is -2.00. The third kappa shape index (κ3) is 2.98. The first-order valence-corrected chi connectivity index (χ1v) is 5.39. The zero-order chi connectivity index (χ0) is 12.1. The van der Waals surface area contributed by atoms with Crippen molar-refractivity contribution >= 4 is 0 Å². The van der Waals surface area contributed by atoms with E-state index in [1.54, 1.807) is 24.3 Å². The van der Waals surface area contributed by atoms with Gasteiger partial charge in [-0.1, -0.05) is 30.3 Å². The minimum atomic E-state index is -0.104. The fourth-order valence-electron chi connectivity index (χ4n) is 1.54. The Balaban J connectivity index is 0.000000127. The van der Waals surface area contributed by atoms with E-state index >= 15 is 0 Å². The molecule has 0 fully saturated rings. The Morgan fingerprint density at radius 2 is 1.88 bits per heavy atom. The van der Waals surface area contributed by atoms with Gasteiger partial charge in [0.15, 0.2) is 0 Å². The van der Waals surface area contributed by atoms with E-state index in [-0.39, 0.29) is 12.4 Å². The number of aliphatic hydroxyl groups is 1. The molecular weight excluding hydrogens is 216 g/mol. The van der Waals surface area contributed by atoms with Crippen molar-refractivity contribution in [1.82, 2.24) is 0 Å². The molecular formula is C14H14O3. The van der Waals surface area contributed by atoms with Gasteiger partial charge in [0, 0.05) is 5.56 Å². The predicted octanol–water partition coefficient (Wildman–Crippen LogP) is 2.46. The van der Waals surface area contributed by atoms with Gasteiger partial charge in [0.25, 0.3) is 0 Å². The van der Waals surface area contributed by atoms with Crippen LogP contribution in [-0.4, -0.2) is 10.2 Å². The molecule has 17 heavy (non-hydrogen) atoms. The molecule has 2 aromatic carbocycles. The van der Waals surface area contributed by atoms with Gasteiger partial charge in [-0.05, 0) is 23.8 Å². The molecule has 0 saturated carbocycles. The molecule has 3 nitrogen and oxygen atoms in total. The molecule has 3 rings (SSSR count). The third-order valence-electron chi connectivity index (χ3n) is 2.47. The van der Waals surface area contributed by atoms with Gasteiger partial charge in [-0.25, -0.2) is 0 Å². The van der Waals surface area contributed by atoms with Crippen LogP contribution in [0.5, 0.6) is 11.5 Å². The summed E-state index contributed by atoms with van der Waals surface area (Å²) in [7, 11) is 0. The largest absolute Gasteiger partial charge is 0.508 e. The average molecular weight is 230 g/mol. The van der Waals surface area contributed by atoms with Gasteiger partial charge in [-0.2, -0.15) is 0 Å². The lowest BCUT2D eigenvalue weighted by Crippen LogP contribution is -1.80. The molecule has 3 heteroatoms. The van der Waals surface area contributed by atoms with Crippen LogP contribution in [-0.2, 0) is 13.2 Å². The zero-order valence-electron chi connectivity index (χ0n) is 9.34. The van der Waals surface area contributed by atoms with Crippen LogP contribution in [0, 0.1) is 0 Å². The zero-order valence-corrected chi connectivity index (χ0v) is 9.34. The summed E-state index contributed by atoms with van der Waals surface area (Å²) in [6.07, 6.45) is 0. The number of benzene rings is 2. The van der Waals surface area contributed by atoms with E-state index in [4.69, 9.17) is 14.9 Å². The second-order valence-electron chi connectivity index (χ2n) is 3.72. The molecule has 0 saturated heterocycles. The highest BCUT2D eigenvalue weighted by atomic mass is 16.5. The van der Waals surface area contributed by atoms with Crippen LogP contribution >= 0.6 is 0 Å². The van der Waals surface area contributed by atoms with Crippen LogP contribution < -0.4 is 4.74 Å². The summed E-state index contributed by atoms with van der Waals surface area (Å²) >= 11 is 0. The molecule has 0 aliphatic carbocycles. The molecule has 88 valence electrons.